The van der Waals surface area contributed by atoms with Gasteiger partial charge >= 0.3 is 0 Å². The van der Waals surface area contributed by atoms with Crippen LogP contribution in [-0.4, -0.2) is 5.33 Å². The van der Waals surface area contributed by atoms with Crippen LogP contribution < -0.4 is 0 Å². The molecule has 0 bridgehead atoms. The molecule has 0 aliphatic heterocycles. The first kappa shape index (κ1) is 12.3. The van der Waals surface area contributed by atoms with E-state index >= 15 is 0 Å². The summed E-state index contributed by atoms with van der Waals surface area (Å²) in [6.07, 6.45) is 2.51. The predicted octanol–water partition coefficient (Wildman–Crippen LogP) is 4.74. The van der Waals surface area contributed by atoms with Gasteiger partial charge in [0, 0.05) is 10.2 Å². The molecule has 14 heavy (non-hydrogen) atoms. The van der Waals surface area contributed by atoms with Gasteiger partial charge in [0.05, 0.1) is 0 Å². The Morgan fingerprint density at radius 2 is 2.14 bits per heavy atom. The first-order valence-electron chi connectivity index (χ1n) is 5.12. The van der Waals surface area contributed by atoms with Gasteiger partial charge in [0.25, 0.3) is 0 Å². The van der Waals surface area contributed by atoms with E-state index in [0.29, 0.717) is 5.41 Å². The lowest BCUT2D eigenvalue weighted by molar-refractivity contribution is 0.254. The van der Waals surface area contributed by atoms with Gasteiger partial charge in [-0.3, -0.25) is 0 Å². The molecule has 1 aromatic rings. The second kappa shape index (κ2) is 5.32. The van der Waals surface area contributed by atoms with E-state index in [1.807, 2.05) is 11.3 Å². The Kier molecular flexibility index (Phi) is 4.65. The molecule has 1 atom stereocenters. The fourth-order valence-electron chi connectivity index (χ4n) is 1.51. The minimum atomic E-state index is 0.417. The minimum Gasteiger partial charge on any atom is -0.149 e. The Bertz CT molecular complexity index is 246. The first-order chi connectivity index (χ1) is 6.54. The van der Waals surface area contributed by atoms with E-state index < -0.39 is 0 Å². The van der Waals surface area contributed by atoms with Gasteiger partial charge in [-0.15, -0.1) is 11.3 Å². The third-order valence-corrected chi connectivity index (χ3v) is 4.45. The van der Waals surface area contributed by atoms with Crippen LogP contribution in [-0.2, 0) is 6.42 Å². The monoisotopic (exact) mass is 274 g/mol. The zero-order valence-corrected chi connectivity index (χ0v) is 11.6. The molecule has 0 saturated carbocycles. The molecule has 0 radical (unpaired) electrons. The van der Waals surface area contributed by atoms with E-state index in [-0.39, 0.29) is 0 Å². The number of aryl methyl sites for hydroxylation is 1. The van der Waals surface area contributed by atoms with Gasteiger partial charge in [0.2, 0.25) is 0 Å². The van der Waals surface area contributed by atoms with E-state index in [1.54, 1.807) is 0 Å². The van der Waals surface area contributed by atoms with Crippen LogP contribution in [0.3, 0.4) is 0 Å². The molecule has 0 nitrogen and oxygen atoms in total. The van der Waals surface area contributed by atoms with E-state index in [1.165, 1.54) is 17.7 Å². The summed E-state index contributed by atoms with van der Waals surface area (Å²) in [5.41, 5.74) is 0.417. The standard InChI is InChI=1S/C12H19BrS/c1-12(2,3)10(9-13)6-7-11-5-4-8-14-11/h4-5,8,10H,6-7,9H2,1-3H3. The molecule has 1 heterocycles. The highest BCUT2D eigenvalue weighted by atomic mass is 79.9. The molecule has 2 heteroatoms. The number of hydrogen-bond donors (Lipinski definition) is 0. The third-order valence-electron chi connectivity index (χ3n) is 2.73. The third kappa shape index (κ3) is 3.74. The van der Waals surface area contributed by atoms with Crippen molar-refractivity contribution in [2.75, 3.05) is 5.33 Å². The molecule has 80 valence electrons. The topological polar surface area (TPSA) is 0 Å². The number of rotatable bonds is 4. The first-order valence-corrected chi connectivity index (χ1v) is 7.12. The Balaban J connectivity index is 2.43. The molecule has 1 rings (SSSR count). The van der Waals surface area contributed by atoms with Crippen LogP contribution in [0.1, 0.15) is 32.1 Å². The van der Waals surface area contributed by atoms with Crippen molar-refractivity contribution in [2.45, 2.75) is 33.6 Å². The summed E-state index contributed by atoms with van der Waals surface area (Å²) in [5.74, 6) is 0.768. The van der Waals surface area contributed by atoms with Gasteiger partial charge < -0.3 is 0 Å². The number of thiophene rings is 1. The van der Waals surface area contributed by atoms with Crippen LogP contribution in [0.4, 0.5) is 0 Å². The smallest absolute Gasteiger partial charge is 0.00647 e. The van der Waals surface area contributed by atoms with Crippen molar-refractivity contribution in [3.8, 4) is 0 Å². The zero-order chi connectivity index (χ0) is 10.6. The van der Waals surface area contributed by atoms with Crippen LogP contribution >= 0.6 is 27.3 Å². The van der Waals surface area contributed by atoms with Crippen LogP contribution in [0.25, 0.3) is 0 Å². The van der Waals surface area contributed by atoms with Crippen molar-refractivity contribution in [3.63, 3.8) is 0 Å². The van der Waals surface area contributed by atoms with Crippen molar-refractivity contribution < 1.29 is 0 Å². The molecular weight excluding hydrogens is 256 g/mol. The zero-order valence-electron chi connectivity index (χ0n) is 9.22. The maximum atomic E-state index is 3.62. The number of halogens is 1. The average Bonchev–Trinajstić information content (AvgIpc) is 2.55. The highest BCUT2D eigenvalue weighted by Crippen LogP contribution is 2.31. The predicted molar refractivity (Wildman–Crippen MR) is 69.4 cm³/mol. The van der Waals surface area contributed by atoms with Gasteiger partial charge in [-0.25, -0.2) is 0 Å². The summed E-state index contributed by atoms with van der Waals surface area (Å²) >= 11 is 5.49. The summed E-state index contributed by atoms with van der Waals surface area (Å²) in [6, 6.07) is 4.37. The molecule has 0 N–H and O–H groups in total. The van der Waals surface area contributed by atoms with Crippen molar-refractivity contribution in [2.24, 2.45) is 11.3 Å². The SMILES string of the molecule is CC(C)(C)C(CBr)CCc1cccs1. The average molecular weight is 275 g/mol. The summed E-state index contributed by atoms with van der Waals surface area (Å²) in [4.78, 5) is 1.51. The van der Waals surface area contributed by atoms with Gasteiger partial charge in [-0.1, -0.05) is 42.8 Å². The Morgan fingerprint density at radius 3 is 2.57 bits per heavy atom. The molecule has 0 spiro atoms. The van der Waals surface area contributed by atoms with Crippen LogP contribution in [0, 0.1) is 11.3 Å². The summed E-state index contributed by atoms with van der Waals surface area (Å²) in [6.45, 7) is 6.98. The van der Waals surface area contributed by atoms with E-state index in [0.717, 1.165) is 11.2 Å². The molecule has 0 saturated heterocycles. The molecule has 0 amide bonds. The van der Waals surface area contributed by atoms with Crippen molar-refractivity contribution in [1.29, 1.82) is 0 Å². The highest BCUT2D eigenvalue weighted by molar-refractivity contribution is 9.09. The lowest BCUT2D eigenvalue weighted by Gasteiger charge is -2.29. The quantitative estimate of drug-likeness (QED) is 0.696. The fraction of sp³-hybridized carbons (Fsp3) is 0.667. The van der Waals surface area contributed by atoms with Gasteiger partial charge in [0.15, 0.2) is 0 Å². The van der Waals surface area contributed by atoms with Crippen LogP contribution in [0.5, 0.6) is 0 Å². The summed E-state index contributed by atoms with van der Waals surface area (Å²) in [5, 5.41) is 3.28. The fourth-order valence-corrected chi connectivity index (χ4v) is 3.53. The molecule has 0 aromatic carbocycles. The molecule has 0 fully saturated rings. The van der Waals surface area contributed by atoms with Crippen molar-refractivity contribution in [1.82, 2.24) is 0 Å². The lowest BCUT2D eigenvalue weighted by Crippen LogP contribution is -2.22. The van der Waals surface area contributed by atoms with E-state index in [2.05, 4.69) is 54.2 Å². The minimum absolute atomic E-state index is 0.417. The van der Waals surface area contributed by atoms with Crippen LogP contribution in [0.2, 0.25) is 0 Å². The highest BCUT2D eigenvalue weighted by Gasteiger charge is 2.22. The van der Waals surface area contributed by atoms with Crippen LogP contribution in [0.15, 0.2) is 17.5 Å². The molecule has 0 aliphatic carbocycles. The number of alkyl halides is 1. The Labute approximate surface area is 99.9 Å². The maximum Gasteiger partial charge on any atom is 0.00647 e. The van der Waals surface area contributed by atoms with Gasteiger partial charge in [0.1, 0.15) is 0 Å². The van der Waals surface area contributed by atoms with Gasteiger partial charge in [-0.2, -0.15) is 0 Å². The van der Waals surface area contributed by atoms with Crippen molar-refractivity contribution >= 4 is 27.3 Å². The Morgan fingerprint density at radius 1 is 1.43 bits per heavy atom. The maximum absolute atomic E-state index is 3.62. The molecule has 1 aromatic heterocycles. The lowest BCUT2D eigenvalue weighted by atomic mass is 9.79. The normalized spacial score (nSPS) is 14.3. The Hall–Kier alpha value is 0.180. The van der Waals surface area contributed by atoms with E-state index in [4.69, 9.17) is 0 Å². The molecule has 1 unspecified atom stereocenters. The summed E-state index contributed by atoms with van der Waals surface area (Å²) in [7, 11) is 0. The van der Waals surface area contributed by atoms with E-state index in [9.17, 15) is 0 Å². The number of hydrogen-bond acceptors (Lipinski definition) is 1. The molecular formula is C12H19BrS. The molecule has 0 aliphatic rings. The summed E-state index contributed by atoms with van der Waals surface area (Å²) < 4.78 is 0. The second-order valence-electron chi connectivity index (χ2n) is 4.84. The van der Waals surface area contributed by atoms with Gasteiger partial charge in [-0.05, 0) is 35.6 Å². The van der Waals surface area contributed by atoms with Crippen molar-refractivity contribution in [3.05, 3.63) is 22.4 Å². The largest absolute Gasteiger partial charge is 0.149 e. The second-order valence-corrected chi connectivity index (χ2v) is 6.52.